The number of aromatic nitrogens is 2. The molecule has 1 amide bonds. The summed E-state index contributed by atoms with van der Waals surface area (Å²) >= 11 is 6.52. The van der Waals surface area contributed by atoms with Crippen molar-refractivity contribution in [1.29, 1.82) is 0 Å². The van der Waals surface area contributed by atoms with Crippen molar-refractivity contribution in [3.63, 3.8) is 0 Å². The van der Waals surface area contributed by atoms with Gasteiger partial charge in [-0.05, 0) is 35.7 Å². The van der Waals surface area contributed by atoms with Crippen molar-refractivity contribution in [3.8, 4) is 0 Å². The summed E-state index contributed by atoms with van der Waals surface area (Å²) in [6.45, 7) is 2.53. The number of carbonyl (C=O) groups excluding carboxylic acids is 1. The largest absolute Gasteiger partial charge is 0.351 e. The smallest absolute Gasteiger partial charge is 0.256 e. The molecule has 0 aliphatic rings. The maximum absolute atomic E-state index is 13.2. The molecule has 0 aliphatic heterocycles. The van der Waals surface area contributed by atoms with E-state index < -0.39 is 0 Å². The first kappa shape index (κ1) is 21.8. The van der Waals surface area contributed by atoms with Crippen LogP contribution in [0.1, 0.15) is 38.7 Å². The van der Waals surface area contributed by atoms with Gasteiger partial charge in [-0.25, -0.2) is 9.07 Å². The van der Waals surface area contributed by atoms with Gasteiger partial charge in [-0.15, -0.1) is 0 Å². The molecule has 0 radical (unpaired) electrons. The predicted octanol–water partition coefficient (Wildman–Crippen LogP) is 5.59. The van der Waals surface area contributed by atoms with E-state index in [1.54, 1.807) is 23.7 Å². The van der Waals surface area contributed by atoms with Crippen molar-refractivity contribution in [3.05, 3.63) is 124 Å². The summed E-state index contributed by atoms with van der Waals surface area (Å²) in [5.41, 5.74) is 3.98. The molecule has 1 N–H and O–H groups in total. The highest BCUT2D eigenvalue weighted by Gasteiger charge is 2.22. The van der Waals surface area contributed by atoms with Crippen molar-refractivity contribution >= 4 is 17.5 Å². The Balaban J connectivity index is 1.53. The van der Waals surface area contributed by atoms with Gasteiger partial charge in [0.25, 0.3) is 5.91 Å². The molecule has 3 aromatic carbocycles. The van der Waals surface area contributed by atoms with Crippen molar-refractivity contribution in [1.82, 2.24) is 15.1 Å². The van der Waals surface area contributed by atoms with E-state index in [9.17, 15) is 9.18 Å². The van der Waals surface area contributed by atoms with Gasteiger partial charge < -0.3 is 5.32 Å². The first-order chi connectivity index (χ1) is 15.5. The van der Waals surface area contributed by atoms with Crippen LogP contribution in [0.4, 0.5) is 4.39 Å². The molecule has 0 atom stereocenters. The fraction of sp³-hybridized carbons (Fsp3) is 0.154. The SMILES string of the molecule is Cc1nn(Cc2ccc(F)cc2)c(Cl)c1C(=O)NCC(c1ccccc1)c1ccccc1. The maximum Gasteiger partial charge on any atom is 0.256 e. The number of hydrogen-bond acceptors (Lipinski definition) is 2. The molecule has 0 saturated carbocycles. The fourth-order valence-corrected chi connectivity index (χ4v) is 4.08. The highest BCUT2D eigenvalue weighted by molar-refractivity contribution is 6.33. The van der Waals surface area contributed by atoms with E-state index in [1.807, 2.05) is 36.4 Å². The van der Waals surface area contributed by atoms with Crippen molar-refractivity contribution in [2.75, 3.05) is 6.54 Å². The zero-order chi connectivity index (χ0) is 22.5. The minimum absolute atomic E-state index is 0.00897. The lowest BCUT2D eigenvalue weighted by Crippen LogP contribution is -2.29. The van der Waals surface area contributed by atoms with E-state index in [0.29, 0.717) is 24.3 Å². The summed E-state index contributed by atoms with van der Waals surface area (Å²) in [6.07, 6.45) is 0. The molecule has 162 valence electrons. The zero-order valence-corrected chi connectivity index (χ0v) is 18.4. The van der Waals surface area contributed by atoms with Crippen LogP contribution in [-0.4, -0.2) is 22.2 Å². The Hall–Kier alpha value is -3.44. The second-order valence-electron chi connectivity index (χ2n) is 7.62. The zero-order valence-electron chi connectivity index (χ0n) is 17.6. The summed E-state index contributed by atoms with van der Waals surface area (Å²) in [7, 11) is 0. The Morgan fingerprint density at radius 1 is 0.969 bits per heavy atom. The van der Waals surface area contributed by atoms with E-state index in [4.69, 9.17) is 11.6 Å². The molecule has 6 heteroatoms. The topological polar surface area (TPSA) is 46.9 Å². The third-order valence-corrected chi connectivity index (χ3v) is 5.79. The Morgan fingerprint density at radius 2 is 1.53 bits per heavy atom. The quantitative estimate of drug-likeness (QED) is 0.401. The molecule has 0 spiro atoms. The predicted molar refractivity (Wildman–Crippen MR) is 125 cm³/mol. The van der Waals surface area contributed by atoms with Gasteiger partial charge >= 0.3 is 0 Å². The van der Waals surface area contributed by atoms with E-state index in [-0.39, 0.29) is 22.8 Å². The van der Waals surface area contributed by atoms with E-state index in [0.717, 1.165) is 16.7 Å². The van der Waals surface area contributed by atoms with Crippen LogP contribution < -0.4 is 5.32 Å². The van der Waals surface area contributed by atoms with Gasteiger partial charge in [0.2, 0.25) is 0 Å². The molecule has 0 saturated heterocycles. The van der Waals surface area contributed by atoms with Crippen LogP contribution in [-0.2, 0) is 6.54 Å². The van der Waals surface area contributed by atoms with Crippen LogP contribution in [0.25, 0.3) is 0 Å². The van der Waals surface area contributed by atoms with E-state index in [2.05, 4.69) is 34.7 Å². The standard InChI is InChI=1S/C26H23ClFN3O/c1-18-24(25(27)31(30-18)17-19-12-14-22(28)15-13-19)26(32)29-16-23(20-8-4-2-5-9-20)21-10-6-3-7-11-21/h2-15,23H,16-17H2,1H3,(H,29,32). The fourth-order valence-electron chi connectivity index (χ4n) is 3.76. The minimum atomic E-state index is -0.303. The Labute approximate surface area is 191 Å². The second-order valence-corrected chi connectivity index (χ2v) is 7.98. The molecule has 0 aliphatic carbocycles. The molecule has 4 nitrogen and oxygen atoms in total. The van der Waals surface area contributed by atoms with Gasteiger partial charge in [-0.2, -0.15) is 5.10 Å². The van der Waals surface area contributed by atoms with Crippen LogP contribution in [0, 0.1) is 12.7 Å². The third-order valence-electron chi connectivity index (χ3n) is 5.41. The highest BCUT2D eigenvalue weighted by atomic mass is 35.5. The summed E-state index contributed by atoms with van der Waals surface area (Å²) < 4.78 is 14.7. The average Bonchev–Trinajstić information content (AvgIpc) is 3.09. The van der Waals surface area contributed by atoms with Crippen LogP contribution in [0.2, 0.25) is 5.15 Å². The van der Waals surface area contributed by atoms with Crippen LogP contribution in [0.15, 0.2) is 84.9 Å². The normalized spacial score (nSPS) is 11.0. The number of halogens is 2. The summed E-state index contributed by atoms with van der Waals surface area (Å²) in [5, 5.41) is 7.72. The molecule has 4 rings (SSSR count). The van der Waals surface area contributed by atoms with E-state index in [1.165, 1.54) is 12.1 Å². The molecule has 4 aromatic rings. The number of benzene rings is 3. The van der Waals surface area contributed by atoms with Gasteiger partial charge in [-0.3, -0.25) is 4.79 Å². The number of amides is 1. The first-order valence-electron chi connectivity index (χ1n) is 10.4. The Kier molecular flexibility index (Phi) is 6.66. The summed E-state index contributed by atoms with van der Waals surface area (Å²) in [4.78, 5) is 13.1. The molecule has 0 fully saturated rings. The van der Waals surface area contributed by atoms with Crippen LogP contribution >= 0.6 is 11.6 Å². The molecule has 1 aromatic heterocycles. The van der Waals surface area contributed by atoms with Gasteiger partial charge in [0.05, 0.1) is 17.8 Å². The average molecular weight is 448 g/mol. The number of carbonyl (C=O) groups is 1. The van der Waals surface area contributed by atoms with Gasteiger partial charge in [0.1, 0.15) is 11.0 Å². The van der Waals surface area contributed by atoms with Gasteiger partial charge in [0, 0.05) is 12.5 Å². The van der Waals surface area contributed by atoms with Crippen molar-refractivity contribution < 1.29 is 9.18 Å². The van der Waals surface area contributed by atoms with Crippen molar-refractivity contribution in [2.24, 2.45) is 0 Å². The van der Waals surface area contributed by atoms with Crippen LogP contribution in [0.3, 0.4) is 0 Å². The lowest BCUT2D eigenvalue weighted by Gasteiger charge is -2.19. The molecular weight excluding hydrogens is 425 g/mol. The summed E-state index contributed by atoms with van der Waals surface area (Å²) in [5.74, 6) is -0.563. The van der Waals surface area contributed by atoms with Crippen molar-refractivity contribution in [2.45, 2.75) is 19.4 Å². The highest BCUT2D eigenvalue weighted by Crippen LogP contribution is 2.25. The number of nitrogens with zero attached hydrogens (tertiary/aromatic N) is 2. The third kappa shape index (κ3) is 4.89. The first-order valence-corrected chi connectivity index (χ1v) is 10.8. The molecule has 0 bridgehead atoms. The number of rotatable bonds is 7. The van der Waals surface area contributed by atoms with Gasteiger partial charge in [-0.1, -0.05) is 84.4 Å². The Morgan fingerprint density at radius 3 is 2.09 bits per heavy atom. The van der Waals surface area contributed by atoms with Crippen LogP contribution in [0.5, 0.6) is 0 Å². The monoisotopic (exact) mass is 447 g/mol. The number of hydrogen-bond donors (Lipinski definition) is 1. The maximum atomic E-state index is 13.2. The molecule has 1 heterocycles. The molecule has 0 unspecified atom stereocenters. The lowest BCUT2D eigenvalue weighted by atomic mass is 9.91. The summed E-state index contributed by atoms with van der Waals surface area (Å²) in [6, 6.07) is 26.3. The lowest BCUT2D eigenvalue weighted by molar-refractivity contribution is 0.0952. The molecule has 32 heavy (non-hydrogen) atoms. The second kappa shape index (κ2) is 9.79. The number of nitrogens with one attached hydrogen (secondary N) is 1. The number of aryl methyl sites for hydroxylation is 1. The van der Waals surface area contributed by atoms with Gasteiger partial charge in [0.15, 0.2) is 0 Å². The van der Waals surface area contributed by atoms with E-state index >= 15 is 0 Å². The minimum Gasteiger partial charge on any atom is -0.351 e. The molecular formula is C26H23ClFN3O. The Bertz CT molecular complexity index is 1150.